The monoisotopic (exact) mass is 348 g/mol. The Hall–Kier alpha value is -2.04. The Morgan fingerprint density at radius 1 is 0.731 bits per heavy atom. The summed E-state index contributed by atoms with van der Waals surface area (Å²) in [5.74, 6) is -0.205. The molecule has 2 aromatic carbocycles. The Bertz CT molecular complexity index is 768. The normalized spacial score (nSPS) is 36.4. The highest BCUT2D eigenvalue weighted by molar-refractivity contribution is 5.46. The Labute approximate surface area is 154 Å². The van der Waals surface area contributed by atoms with Crippen molar-refractivity contribution in [1.82, 2.24) is 0 Å². The van der Waals surface area contributed by atoms with Crippen LogP contribution in [0, 0.1) is 11.8 Å². The lowest BCUT2D eigenvalue weighted by molar-refractivity contribution is -0.263. The summed E-state index contributed by atoms with van der Waals surface area (Å²) in [6.07, 6.45) is 3.45. The van der Waals surface area contributed by atoms with Crippen molar-refractivity contribution in [2.45, 2.75) is 36.1 Å². The Kier molecular flexibility index (Phi) is 3.40. The van der Waals surface area contributed by atoms with E-state index >= 15 is 0 Å². The highest BCUT2D eigenvalue weighted by Gasteiger charge is 2.84. The number of fused-ring (bicyclic) bond motifs is 5. The largest absolute Gasteiger partial charge is 0.348 e. The lowest BCUT2D eigenvalue weighted by Gasteiger charge is -2.44. The van der Waals surface area contributed by atoms with Crippen molar-refractivity contribution in [2.75, 3.05) is 14.2 Å². The van der Waals surface area contributed by atoms with Crippen molar-refractivity contribution in [2.24, 2.45) is 22.1 Å². The number of azo groups is 1. The molecule has 4 atom stereocenters. The van der Waals surface area contributed by atoms with Crippen molar-refractivity contribution in [3.8, 4) is 0 Å². The molecule has 2 aromatic rings. The van der Waals surface area contributed by atoms with Crippen molar-refractivity contribution >= 4 is 0 Å². The SMILES string of the molecule is COC1(OC)C2(c3ccccc3)N=NC1(c1ccccc1)C1CCCC12. The topological polar surface area (TPSA) is 43.2 Å². The molecule has 0 amide bonds. The number of ether oxygens (including phenoxy) is 2. The van der Waals surface area contributed by atoms with Crippen LogP contribution >= 0.6 is 0 Å². The summed E-state index contributed by atoms with van der Waals surface area (Å²) in [5.41, 5.74) is 1.07. The van der Waals surface area contributed by atoms with Crippen molar-refractivity contribution in [1.29, 1.82) is 0 Å². The number of hydrogen-bond donors (Lipinski definition) is 0. The van der Waals surface area contributed by atoms with E-state index < -0.39 is 16.9 Å². The summed E-state index contributed by atoms with van der Waals surface area (Å²) in [4.78, 5) is 0. The molecule has 4 nitrogen and oxygen atoms in total. The molecule has 4 heteroatoms. The molecule has 0 radical (unpaired) electrons. The van der Waals surface area contributed by atoms with E-state index in [2.05, 4.69) is 48.5 Å². The third-order valence-corrected chi connectivity index (χ3v) is 6.96. The van der Waals surface area contributed by atoms with Gasteiger partial charge in [-0.3, -0.25) is 0 Å². The summed E-state index contributed by atoms with van der Waals surface area (Å²) in [6.45, 7) is 0. The van der Waals surface area contributed by atoms with Gasteiger partial charge in [-0.05, 0) is 24.0 Å². The van der Waals surface area contributed by atoms with Gasteiger partial charge < -0.3 is 9.47 Å². The van der Waals surface area contributed by atoms with Crippen LogP contribution in [-0.4, -0.2) is 20.0 Å². The minimum absolute atomic E-state index is 0.363. The summed E-state index contributed by atoms with van der Waals surface area (Å²) in [5, 5.41) is 9.93. The van der Waals surface area contributed by atoms with E-state index in [1.165, 1.54) is 6.42 Å². The molecule has 0 spiro atoms. The molecular weight excluding hydrogens is 324 g/mol. The smallest absolute Gasteiger partial charge is 0.232 e. The summed E-state index contributed by atoms with van der Waals surface area (Å²) in [6, 6.07) is 20.9. The third kappa shape index (κ3) is 1.55. The Balaban J connectivity index is 1.84. The summed E-state index contributed by atoms with van der Waals surface area (Å²) in [7, 11) is 3.49. The fourth-order valence-electron chi connectivity index (χ4n) is 6.19. The average molecular weight is 348 g/mol. The molecule has 5 rings (SSSR count). The minimum atomic E-state index is -0.932. The highest BCUT2D eigenvalue weighted by atomic mass is 16.7. The number of hydrogen-bond acceptors (Lipinski definition) is 4. The first-order valence-corrected chi connectivity index (χ1v) is 9.42. The zero-order valence-electron chi connectivity index (χ0n) is 15.3. The molecule has 0 N–H and O–H groups in total. The van der Waals surface area contributed by atoms with Crippen LogP contribution in [0.15, 0.2) is 70.9 Å². The molecule has 134 valence electrons. The van der Waals surface area contributed by atoms with Gasteiger partial charge in [0.15, 0.2) is 11.1 Å². The molecule has 4 unspecified atom stereocenters. The molecule has 26 heavy (non-hydrogen) atoms. The van der Waals surface area contributed by atoms with Crippen LogP contribution in [0.5, 0.6) is 0 Å². The second-order valence-electron chi connectivity index (χ2n) is 7.63. The number of rotatable bonds is 4. The van der Waals surface area contributed by atoms with E-state index in [4.69, 9.17) is 19.7 Å². The van der Waals surface area contributed by atoms with Crippen molar-refractivity contribution in [3.63, 3.8) is 0 Å². The van der Waals surface area contributed by atoms with Gasteiger partial charge in [0, 0.05) is 26.1 Å². The predicted octanol–water partition coefficient (Wildman–Crippen LogP) is 4.66. The zero-order chi connectivity index (χ0) is 17.8. The first-order chi connectivity index (χ1) is 12.8. The average Bonchev–Trinajstić information content (AvgIpc) is 3.36. The van der Waals surface area contributed by atoms with Crippen LogP contribution in [0.4, 0.5) is 0 Å². The minimum Gasteiger partial charge on any atom is -0.348 e. The van der Waals surface area contributed by atoms with Crippen LogP contribution in [0.25, 0.3) is 0 Å². The molecule has 1 heterocycles. The van der Waals surface area contributed by atoms with E-state index in [9.17, 15) is 0 Å². The number of nitrogens with zero attached hydrogens (tertiary/aromatic N) is 2. The van der Waals surface area contributed by atoms with Crippen LogP contribution in [0.3, 0.4) is 0 Å². The molecule has 1 aliphatic heterocycles. The molecule has 3 aliphatic rings. The molecule has 0 aromatic heterocycles. The lowest BCUT2D eigenvalue weighted by Crippen LogP contribution is -2.58. The zero-order valence-corrected chi connectivity index (χ0v) is 15.3. The van der Waals surface area contributed by atoms with Crippen LogP contribution < -0.4 is 0 Å². The van der Waals surface area contributed by atoms with E-state index in [0.717, 1.165) is 24.0 Å². The third-order valence-electron chi connectivity index (χ3n) is 6.96. The molecular formula is C22H24N2O2. The highest BCUT2D eigenvalue weighted by Crippen LogP contribution is 2.74. The molecule has 2 saturated carbocycles. The van der Waals surface area contributed by atoms with E-state index in [1.54, 1.807) is 14.2 Å². The maximum atomic E-state index is 6.28. The standard InChI is InChI=1S/C22H24N2O2/c1-25-22(26-2)20(16-10-5-3-6-11-16)18-14-9-15-19(18)21(22,24-23-20)17-12-7-4-8-13-17/h3-8,10-13,18-19H,9,14-15H2,1-2H3. The molecule has 0 saturated heterocycles. The number of methoxy groups -OCH3 is 2. The van der Waals surface area contributed by atoms with Crippen LogP contribution in [0.1, 0.15) is 30.4 Å². The molecule has 2 fully saturated rings. The quantitative estimate of drug-likeness (QED) is 0.754. The van der Waals surface area contributed by atoms with Crippen molar-refractivity contribution in [3.05, 3.63) is 71.8 Å². The maximum Gasteiger partial charge on any atom is 0.232 e. The van der Waals surface area contributed by atoms with E-state index in [0.29, 0.717) is 11.8 Å². The van der Waals surface area contributed by atoms with Gasteiger partial charge in [0.25, 0.3) is 0 Å². The first-order valence-electron chi connectivity index (χ1n) is 9.42. The summed E-state index contributed by atoms with van der Waals surface area (Å²) < 4.78 is 12.6. The van der Waals surface area contributed by atoms with Gasteiger partial charge in [0.1, 0.15) is 0 Å². The molecule has 2 bridgehead atoms. The van der Waals surface area contributed by atoms with Gasteiger partial charge in [-0.25, -0.2) is 0 Å². The summed E-state index contributed by atoms with van der Waals surface area (Å²) >= 11 is 0. The van der Waals surface area contributed by atoms with Crippen LogP contribution in [-0.2, 0) is 20.6 Å². The van der Waals surface area contributed by atoms with Gasteiger partial charge in [-0.2, -0.15) is 10.2 Å². The van der Waals surface area contributed by atoms with Gasteiger partial charge in [-0.1, -0.05) is 67.1 Å². The lowest BCUT2D eigenvalue weighted by atomic mass is 9.74. The van der Waals surface area contributed by atoms with Gasteiger partial charge in [0.05, 0.1) is 0 Å². The van der Waals surface area contributed by atoms with Gasteiger partial charge in [0.2, 0.25) is 5.79 Å². The van der Waals surface area contributed by atoms with Crippen LogP contribution in [0.2, 0.25) is 0 Å². The number of benzene rings is 2. The van der Waals surface area contributed by atoms with Gasteiger partial charge in [-0.15, -0.1) is 0 Å². The second kappa shape index (κ2) is 5.48. The maximum absolute atomic E-state index is 6.28. The van der Waals surface area contributed by atoms with Crippen molar-refractivity contribution < 1.29 is 9.47 Å². The van der Waals surface area contributed by atoms with E-state index in [-0.39, 0.29) is 0 Å². The molecule has 2 aliphatic carbocycles. The Morgan fingerprint density at radius 2 is 1.15 bits per heavy atom. The second-order valence-corrected chi connectivity index (χ2v) is 7.63. The predicted molar refractivity (Wildman–Crippen MR) is 98.7 cm³/mol. The van der Waals surface area contributed by atoms with E-state index in [1.807, 2.05) is 12.1 Å². The van der Waals surface area contributed by atoms with Gasteiger partial charge >= 0.3 is 0 Å². The Morgan fingerprint density at radius 3 is 1.54 bits per heavy atom. The fraction of sp³-hybridized carbons (Fsp3) is 0.455. The fourth-order valence-corrected chi connectivity index (χ4v) is 6.19. The first kappa shape index (κ1) is 16.2.